The zero-order valence-electron chi connectivity index (χ0n) is 9.60. The number of nitrogens with zero attached hydrogens (tertiary/aromatic N) is 1. The van der Waals surface area contributed by atoms with Crippen molar-refractivity contribution in [3.63, 3.8) is 0 Å². The average Bonchev–Trinajstić information content (AvgIpc) is 2.69. The minimum atomic E-state index is -1.04. The predicted molar refractivity (Wildman–Crippen MR) is 68.0 cm³/mol. The van der Waals surface area contributed by atoms with Gasteiger partial charge in [0, 0.05) is 12.4 Å². The summed E-state index contributed by atoms with van der Waals surface area (Å²) in [4.78, 5) is 25.8. The number of rotatable bonds is 1. The van der Waals surface area contributed by atoms with Crippen molar-refractivity contribution in [3.8, 4) is 0 Å². The average molecular weight is 242 g/mol. The number of fused-ring (bicyclic) bond motifs is 3. The first-order valence-electron chi connectivity index (χ1n) is 5.43. The zero-order valence-corrected chi connectivity index (χ0v) is 9.60. The van der Waals surface area contributed by atoms with Crippen molar-refractivity contribution >= 4 is 27.8 Å². The van der Waals surface area contributed by atoms with E-state index in [1.807, 2.05) is 18.2 Å². The summed E-state index contributed by atoms with van der Waals surface area (Å²) in [5.74, 6) is -1.04. The lowest BCUT2D eigenvalue weighted by Crippen LogP contribution is -2.06. The van der Waals surface area contributed by atoms with Crippen LogP contribution < -0.4 is 5.56 Å². The van der Waals surface area contributed by atoms with Crippen LogP contribution in [-0.4, -0.2) is 20.6 Å². The molecular formula is C13H10N2O3. The Bertz CT molecular complexity index is 842. The van der Waals surface area contributed by atoms with E-state index in [9.17, 15) is 9.59 Å². The Labute approximate surface area is 101 Å². The summed E-state index contributed by atoms with van der Waals surface area (Å²) in [7, 11) is 1.65. The van der Waals surface area contributed by atoms with Crippen LogP contribution in [0.5, 0.6) is 0 Å². The van der Waals surface area contributed by atoms with Crippen LogP contribution in [0.1, 0.15) is 10.5 Å². The summed E-state index contributed by atoms with van der Waals surface area (Å²) in [6, 6.07) is 8.74. The van der Waals surface area contributed by atoms with Gasteiger partial charge in [-0.25, -0.2) is 4.79 Å². The Hall–Kier alpha value is -2.56. The number of hydrogen-bond acceptors (Lipinski definition) is 2. The maximum Gasteiger partial charge on any atom is 0.352 e. The van der Waals surface area contributed by atoms with E-state index in [4.69, 9.17) is 5.11 Å². The number of carboxylic acid groups (broad SMARTS) is 1. The number of aromatic amines is 1. The number of hydrogen-bond donors (Lipinski definition) is 2. The van der Waals surface area contributed by atoms with E-state index in [0.717, 1.165) is 5.39 Å². The third-order valence-corrected chi connectivity index (χ3v) is 3.13. The molecular weight excluding hydrogens is 232 g/mol. The molecule has 0 aliphatic heterocycles. The van der Waals surface area contributed by atoms with E-state index in [2.05, 4.69) is 4.98 Å². The summed E-state index contributed by atoms with van der Waals surface area (Å²) in [5, 5.41) is 10.3. The van der Waals surface area contributed by atoms with Crippen LogP contribution in [0.15, 0.2) is 35.1 Å². The largest absolute Gasteiger partial charge is 0.477 e. The molecule has 5 heteroatoms. The minimum Gasteiger partial charge on any atom is -0.477 e. The summed E-state index contributed by atoms with van der Waals surface area (Å²) in [6.07, 6.45) is 0. The first-order valence-corrected chi connectivity index (χ1v) is 5.43. The number of aromatic nitrogens is 2. The number of carboxylic acids is 1. The molecule has 90 valence electrons. The van der Waals surface area contributed by atoms with Gasteiger partial charge >= 0.3 is 5.97 Å². The lowest BCUT2D eigenvalue weighted by Gasteiger charge is -2.03. The molecule has 0 amide bonds. The number of para-hydroxylation sites is 1. The Morgan fingerprint density at radius 1 is 1.28 bits per heavy atom. The number of pyridine rings is 1. The van der Waals surface area contributed by atoms with E-state index in [1.54, 1.807) is 13.1 Å². The fourth-order valence-electron chi connectivity index (χ4n) is 2.30. The zero-order chi connectivity index (χ0) is 12.9. The Morgan fingerprint density at radius 3 is 2.72 bits per heavy atom. The number of H-pyrrole nitrogens is 1. The van der Waals surface area contributed by atoms with Crippen molar-refractivity contribution in [2.45, 2.75) is 0 Å². The molecule has 5 nitrogen and oxygen atoms in total. The molecule has 2 N–H and O–H groups in total. The Balaban J connectivity index is 2.63. The SMILES string of the molecule is Cn1c(C(=O)O)cc2c(=O)[nH]c3ccccc3c21. The molecule has 18 heavy (non-hydrogen) atoms. The van der Waals surface area contributed by atoms with Gasteiger partial charge in [0.15, 0.2) is 0 Å². The van der Waals surface area contributed by atoms with Gasteiger partial charge in [-0.05, 0) is 12.1 Å². The van der Waals surface area contributed by atoms with Crippen LogP contribution in [-0.2, 0) is 7.05 Å². The molecule has 0 saturated carbocycles. The van der Waals surface area contributed by atoms with Crippen molar-refractivity contribution in [1.82, 2.24) is 9.55 Å². The molecule has 0 saturated heterocycles. The third-order valence-electron chi connectivity index (χ3n) is 3.13. The van der Waals surface area contributed by atoms with Crippen molar-refractivity contribution in [2.75, 3.05) is 0 Å². The second-order valence-electron chi connectivity index (χ2n) is 4.16. The highest BCUT2D eigenvalue weighted by atomic mass is 16.4. The van der Waals surface area contributed by atoms with E-state index in [1.165, 1.54) is 10.6 Å². The van der Waals surface area contributed by atoms with Gasteiger partial charge in [-0.15, -0.1) is 0 Å². The fourth-order valence-corrected chi connectivity index (χ4v) is 2.30. The molecule has 0 radical (unpaired) electrons. The van der Waals surface area contributed by atoms with E-state index >= 15 is 0 Å². The fraction of sp³-hybridized carbons (Fsp3) is 0.0769. The van der Waals surface area contributed by atoms with Crippen LogP contribution in [0.4, 0.5) is 0 Å². The van der Waals surface area contributed by atoms with Gasteiger partial charge in [-0.2, -0.15) is 0 Å². The second kappa shape index (κ2) is 3.46. The van der Waals surface area contributed by atoms with Gasteiger partial charge in [-0.3, -0.25) is 4.79 Å². The molecule has 0 atom stereocenters. The summed E-state index contributed by atoms with van der Waals surface area (Å²) in [6.45, 7) is 0. The van der Waals surface area contributed by atoms with E-state index in [-0.39, 0.29) is 11.3 Å². The first kappa shape index (κ1) is 10.6. The molecule has 0 aliphatic rings. The molecule has 0 fully saturated rings. The lowest BCUT2D eigenvalue weighted by molar-refractivity contribution is 0.0687. The van der Waals surface area contributed by atoms with Crippen LogP contribution in [0.3, 0.4) is 0 Å². The van der Waals surface area contributed by atoms with E-state index < -0.39 is 5.97 Å². The molecule has 0 aliphatic carbocycles. The van der Waals surface area contributed by atoms with Crippen molar-refractivity contribution in [3.05, 3.63) is 46.4 Å². The van der Waals surface area contributed by atoms with Gasteiger partial charge < -0.3 is 14.7 Å². The van der Waals surface area contributed by atoms with Crippen molar-refractivity contribution < 1.29 is 9.90 Å². The van der Waals surface area contributed by atoms with Gasteiger partial charge in [0.05, 0.1) is 16.4 Å². The van der Waals surface area contributed by atoms with Gasteiger partial charge in [0.25, 0.3) is 5.56 Å². The maximum atomic E-state index is 11.9. The van der Waals surface area contributed by atoms with Gasteiger partial charge in [-0.1, -0.05) is 18.2 Å². The summed E-state index contributed by atoms with van der Waals surface area (Å²) >= 11 is 0. The Morgan fingerprint density at radius 2 is 2.00 bits per heavy atom. The first-order chi connectivity index (χ1) is 8.59. The molecule has 1 aromatic carbocycles. The Kier molecular flexibility index (Phi) is 2.04. The van der Waals surface area contributed by atoms with Crippen LogP contribution in [0.25, 0.3) is 21.8 Å². The van der Waals surface area contributed by atoms with Crippen molar-refractivity contribution in [1.29, 1.82) is 0 Å². The number of aromatic carboxylic acids is 1. The van der Waals surface area contributed by atoms with Gasteiger partial charge in [0.1, 0.15) is 5.69 Å². The molecule has 0 unspecified atom stereocenters. The standard InChI is InChI=1S/C13H10N2O3/c1-15-10(13(17)18)6-8-11(15)7-4-2-3-5-9(7)14-12(8)16/h2-6H,1H3,(H,14,16)(H,17,18). The highest BCUT2D eigenvalue weighted by molar-refractivity contribution is 6.06. The van der Waals surface area contributed by atoms with Crippen LogP contribution >= 0.6 is 0 Å². The number of aryl methyl sites for hydroxylation is 1. The molecule has 2 aromatic heterocycles. The highest BCUT2D eigenvalue weighted by Gasteiger charge is 2.16. The molecule has 0 bridgehead atoms. The lowest BCUT2D eigenvalue weighted by atomic mass is 10.1. The molecule has 3 aromatic rings. The van der Waals surface area contributed by atoms with Crippen LogP contribution in [0.2, 0.25) is 0 Å². The summed E-state index contributed by atoms with van der Waals surface area (Å²) < 4.78 is 1.54. The van der Waals surface area contributed by atoms with Crippen molar-refractivity contribution in [2.24, 2.45) is 7.05 Å². The molecule has 2 heterocycles. The number of carbonyl (C=O) groups is 1. The third kappa shape index (κ3) is 1.27. The van der Waals surface area contributed by atoms with Crippen LogP contribution in [0, 0.1) is 0 Å². The normalized spacial score (nSPS) is 11.2. The number of nitrogens with one attached hydrogen (secondary N) is 1. The van der Waals surface area contributed by atoms with Gasteiger partial charge in [0.2, 0.25) is 0 Å². The topological polar surface area (TPSA) is 75.1 Å². The minimum absolute atomic E-state index is 0.104. The molecule has 0 spiro atoms. The molecule has 3 rings (SSSR count). The predicted octanol–water partition coefficient (Wildman–Crippen LogP) is 1.72. The summed E-state index contributed by atoms with van der Waals surface area (Å²) in [5.41, 5.74) is 1.18. The highest BCUT2D eigenvalue weighted by Crippen LogP contribution is 2.23. The second-order valence-corrected chi connectivity index (χ2v) is 4.16. The quantitative estimate of drug-likeness (QED) is 0.682. The maximum absolute atomic E-state index is 11.9. The number of benzene rings is 1. The monoisotopic (exact) mass is 242 g/mol. The van der Waals surface area contributed by atoms with E-state index in [0.29, 0.717) is 16.4 Å². The smallest absolute Gasteiger partial charge is 0.352 e.